The van der Waals surface area contributed by atoms with Crippen molar-refractivity contribution in [3.63, 3.8) is 0 Å². The lowest BCUT2D eigenvalue weighted by atomic mass is 10.1. The van der Waals surface area contributed by atoms with Gasteiger partial charge in [0.1, 0.15) is 5.15 Å². The van der Waals surface area contributed by atoms with Gasteiger partial charge in [-0.05, 0) is 12.5 Å². The fraction of sp³-hybridized carbons (Fsp3) is 0.250. The van der Waals surface area contributed by atoms with Crippen LogP contribution < -0.4 is 4.72 Å². The van der Waals surface area contributed by atoms with Crippen LogP contribution in [0.15, 0.2) is 35.6 Å². The maximum Gasteiger partial charge on any atom is 0.261 e. The maximum atomic E-state index is 12.1. The zero-order chi connectivity index (χ0) is 14.0. The standard InChI is InChI=1S/C12H14ClN3O2S/c1-9-4-3-5-10(6-9)7-15-19(17,18)12-11(13)16(2)8-14-12/h3-6,8,15H,7H2,1-2H3. The molecule has 1 aromatic heterocycles. The molecule has 0 fully saturated rings. The van der Waals surface area contributed by atoms with E-state index in [2.05, 4.69) is 9.71 Å². The molecule has 0 bridgehead atoms. The van der Waals surface area contributed by atoms with E-state index < -0.39 is 10.0 Å². The second-order valence-corrected chi connectivity index (χ2v) is 6.31. The summed E-state index contributed by atoms with van der Waals surface area (Å²) in [6.45, 7) is 2.16. The molecule has 0 atom stereocenters. The number of nitrogens with zero attached hydrogens (tertiary/aromatic N) is 2. The number of nitrogens with one attached hydrogen (secondary N) is 1. The summed E-state index contributed by atoms with van der Waals surface area (Å²) >= 11 is 5.88. The average Bonchev–Trinajstić information content (AvgIpc) is 2.68. The molecule has 0 amide bonds. The van der Waals surface area contributed by atoms with Gasteiger partial charge < -0.3 is 4.57 Å². The lowest BCUT2D eigenvalue weighted by Crippen LogP contribution is -2.24. The lowest BCUT2D eigenvalue weighted by molar-refractivity contribution is 0.578. The largest absolute Gasteiger partial charge is 0.324 e. The van der Waals surface area contributed by atoms with Gasteiger partial charge in [0.25, 0.3) is 10.0 Å². The minimum atomic E-state index is -3.70. The summed E-state index contributed by atoms with van der Waals surface area (Å²) in [5.74, 6) is 0. The minimum Gasteiger partial charge on any atom is -0.324 e. The van der Waals surface area contributed by atoms with Crippen LogP contribution in [0.3, 0.4) is 0 Å². The summed E-state index contributed by atoms with van der Waals surface area (Å²) < 4.78 is 28.0. The van der Waals surface area contributed by atoms with Crippen LogP contribution in [0.2, 0.25) is 5.15 Å². The van der Waals surface area contributed by atoms with Crippen molar-refractivity contribution in [3.8, 4) is 0 Å². The summed E-state index contributed by atoms with van der Waals surface area (Å²) in [5, 5.41) is -0.0546. The van der Waals surface area contributed by atoms with E-state index in [0.717, 1.165) is 11.1 Å². The molecule has 102 valence electrons. The Kier molecular flexibility index (Phi) is 3.93. The zero-order valence-corrected chi connectivity index (χ0v) is 12.2. The van der Waals surface area contributed by atoms with Gasteiger partial charge in [0.15, 0.2) is 0 Å². The number of rotatable bonds is 4. The molecule has 1 aromatic carbocycles. The zero-order valence-electron chi connectivity index (χ0n) is 10.6. The third-order valence-electron chi connectivity index (χ3n) is 2.64. The number of imidazole rings is 1. The summed E-state index contributed by atoms with van der Waals surface area (Å²) in [6, 6.07) is 7.61. The molecule has 0 aliphatic carbocycles. The van der Waals surface area contributed by atoms with Crippen molar-refractivity contribution >= 4 is 21.6 Å². The third kappa shape index (κ3) is 3.15. The SMILES string of the molecule is Cc1cccc(CNS(=O)(=O)c2ncn(C)c2Cl)c1. The van der Waals surface area contributed by atoms with Crippen LogP contribution in [0.5, 0.6) is 0 Å². The van der Waals surface area contributed by atoms with Gasteiger partial charge in [-0.2, -0.15) is 0 Å². The Hall–Kier alpha value is -1.37. The molecule has 5 nitrogen and oxygen atoms in total. The van der Waals surface area contributed by atoms with Crippen molar-refractivity contribution in [1.29, 1.82) is 0 Å². The van der Waals surface area contributed by atoms with E-state index in [1.807, 2.05) is 31.2 Å². The van der Waals surface area contributed by atoms with E-state index in [0.29, 0.717) is 0 Å². The monoisotopic (exact) mass is 299 g/mol. The van der Waals surface area contributed by atoms with E-state index in [1.54, 1.807) is 7.05 Å². The number of benzene rings is 1. The predicted octanol–water partition coefficient (Wildman–Crippen LogP) is 1.86. The van der Waals surface area contributed by atoms with Gasteiger partial charge >= 0.3 is 0 Å². The van der Waals surface area contributed by atoms with Crippen LogP contribution in [0.1, 0.15) is 11.1 Å². The normalized spacial score (nSPS) is 11.7. The number of sulfonamides is 1. The van der Waals surface area contributed by atoms with Gasteiger partial charge in [-0.15, -0.1) is 0 Å². The second kappa shape index (κ2) is 5.32. The fourth-order valence-corrected chi connectivity index (χ4v) is 3.09. The molecule has 0 aliphatic rings. The highest BCUT2D eigenvalue weighted by Gasteiger charge is 2.21. The summed E-state index contributed by atoms with van der Waals surface area (Å²) in [6.07, 6.45) is 1.36. The Bertz CT molecular complexity index is 695. The van der Waals surface area contributed by atoms with Crippen LogP contribution in [0.4, 0.5) is 0 Å². The van der Waals surface area contributed by atoms with Gasteiger partial charge in [-0.1, -0.05) is 41.4 Å². The van der Waals surface area contributed by atoms with Crippen molar-refractivity contribution in [3.05, 3.63) is 46.9 Å². The summed E-state index contributed by atoms with van der Waals surface area (Å²) in [7, 11) is -2.06. The molecule has 19 heavy (non-hydrogen) atoms. The molecule has 0 saturated heterocycles. The van der Waals surface area contributed by atoms with Crippen LogP contribution in [-0.2, 0) is 23.6 Å². The fourth-order valence-electron chi connectivity index (χ4n) is 1.64. The van der Waals surface area contributed by atoms with Crippen LogP contribution in [0, 0.1) is 6.92 Å². The van der Waals surface area contributed by atoms with Gasteiger partial charge in [0.2, 0.25) is 5.03 Å². The first-order valence-corrected chi connectivity index (χ1v) is 7.48. The number of hydrogen-bond acceptors (Lipinski definition) is 3. The van der Waals surface area contributed by atoms with Gasteiger partial charge in [-0.3, -0.25) is 0 Å². The molecule has 0 unspecified atom stereocenters. The predicted molar refractivity (Wildman–Crippen MR) is 73.4 cm³/mol. The first-order valence-electron chi connectivity index (χ1n) is 5.62. The van der Waals surface area contributed by atoms with Crippen LogP contribution >= 0.6 is 11.6 Å². The van der Waals surface area contributed by atoms with Crippen molar-refractivity contribution in [2.24, 2.45) is 7.05 Å². The second-order valence-electron chi connectivity index (χ2n) is 4.27. The highest BCUT2D eigenvalue weighted by molar-refractivity contribution is 7.89. The third-order valence-corrected chi connectivity index (χ3v) is 4.53. The van der Waals surface area contributed by atoms with Gasteiger partial charge in [0, 0.05) is 13.6 Å². The van der Waals surface area contributed by atoms with Crippen molar-refractivity contribution < 1.29 is 8.42 Å². The van der Waals surface area contributed by atoms with Crippen LogP contribution in [-0.4, -0.2) is 18.0 Å². The maximum absolute atomic E-state index is 12.1. The Morgan fingerprint density at radius 1 is 1.42 bits per heavy atom. The topological polar surface area (TPSA) is 64.0 Å². The number of aromatic nitrogens is 2. The van der Waals surface area contributed by atoms with E-state index in [4.69, 9.17) is 11.6 Å². The van der Waals surface area contributed by atoms with Gasteiger partial charge in [-0.25, -0.2) is 18.1 Å². The van der Waals surface area contributed by atoms with E-state index in [1.165, 1.54) is 10.9 Å². The molecule has 7 heteroatoms. The molecule has 2 aromatic rings. The van der Waals surface area contributed by atoms with Crippen molar-refractivity contribution in [2.45, 2.75) is 18.5 Å². The Balaban J connectivity index is 2.17. The molecule has 1 N–H and O–H groups in total. The molecular weight excluding hydrogens is 286 g/mol. The number of halogens is 1. The highest BCUT2D eigenvalue weighted by atomic mass is 35.5. The number of aryl methyl sites for hydroxylation is 2. The van der Waals surface area contributed by atoms with Gasteiger partial charge in [0.05, 0.1) is 6.33 Å². The lowest BCUT2D eigenvalue weighted by Gasteiger charge is -2.06. The van der Waals surface area contributed by atoms with E-state index in [-0.39, 0.29) is 16.7 Å². The molecule has 2 rings (SSSR count). The Labute approximate surface area is 117 Å². The number of hydrogen-bond donors (Lipinski definition) is 1. The van der Waals surface area contributed by atoms with Crippen molar-refractivity contribution in [2.75, 3.05) is 0 Å². The Morgan fingerprint density at radius 3 is 2.74 bits per heavy atom. The highest BCUT2D eigenvalue weighted by Crippen LogP contribution is 2.18. The minimum absolute atomic E-state index is 0.0942. The molecule has 1 heterocycles. The smallest absolute Gasteiger partial charge is 0.261 e. The average molecular weight is 300 g/mol. The quantitative estimate of drug-likeness (QED) is 0.937. The first-order chi connectivity index (χ1) is 8.90. The Morgan fingerprint density at radius 2 is 2.16 bits per heavy atom. The summed E-state index contributed by atoms with van der Waals surface area (Å²) in [5.41, 5.74) is 1.96. The molecular formula is C12H14ClN3O2S. The van der Waals surface area contributed by atoms with Crippen molar-refractivity contribution in [1.82, 2.24) is 14.3 Å². The molecule has 0 radical (unpaired) electrons. The molecule has 0 saturated carbocycles. The van der Waals surface area contributed by atoms with E-state index in [9.17, 15) is 8.42 Å². The summed E-state index contributed by atoms with van der Waals surface area (Å²) in [4.78, 5) is 3.80. The first kappa shape index (κ1) is 14.0. The van der Waals surface area contributed by atoms with E-state index >= 15 is 0 Å². The molecule has 0 aliphatic heterocycles. The van der Waals surface area contributed by atoms with Crippen LogP contribution in [0.25, 0.3) is 0 Å². The molecule has 0 spiro atoms.